The van der Waals surface area contributed by atoms with Gasteiger partial charge < -0.3 is 14.5 Å². The summed E-state index contributed by atoms with van der Waals surface area (Å²) in [5.41, 5.74) is 1.33. The molecule has 2 amide bonds. The monoisotopic (exact) mass is 366 g/mol. The molecule has 7 heteroatoms. The van der Waals surface area contributed by atoms with E-state index in [1.807, 2.05) is 49.1 Å². The average Bonchev–Trinajstić information content (AvgIpc) is 2.68. The van der Waals surface area contributed by atoms with Gasteiger partial charge in [-0.05, 0) is 32.4 Å². The van der Waals surface area contributed by atoms with E-state index in [1.165, 1.54) is 6.20 Å². The Hall–Kier alpha value is -2.80. The van der Waals surface area contributed by atoms with Crippen LogP contribution in [0.3, 0.4) is 0 Å². The molecule has 7 nitrogen and oxygen atoms in total. The van der Waals surface area contributed by atoms with E-state index >= 15 is 0 Å². The lowest BCUT2D eigenvalue weighted by Gasteiger charge is -2.52. The molecule has 0 radical (unpaired) electrons. The van der Waals surface area contributed by atoms with Crippen LogP contribution in [0, 0.1) is 6.92 Å². The van der Waals surface area contributed by atoms with E-state index in [9.17, 15) is 9.59 Å². The SMILES string of the molecule is Cc1cnc(C(=O)N2CC[C@H]3N(c4ccccc4)C(=O)CO[C@]3(C)C2)cn1. The third-order valence-electron chi connectivity index (χ3n) is 5.31. The largest absolute Gasteiger partial charge is 0.361 e. The van der Waals surface area contributed by atoms with Crippen molar-refractivity contribution in [3.8, 4) is 0 Å². The number of para-hydroxylation sites is 1. The quantitative estimate of drug-likeness (QED) is 0.810. The number of morpholine rings is 1. The van der Waals surface area contributed by atoms with Crippen LogP contribution < -0.4 is 4.90 Å². The number of rotatable bonds is 2. The Morgan fingerprint density at radius 3 is 2.70 bits per heavy atom. The number of hydrogen-bond donors (Lipinski definition) is 0. The normalized spacial score (nSPS) is 25.3. The molecule has 140 valence electrons. The molecule has 2 atom stereocenters. The van der Waals surface area contributed by atoms with Gasteiger partial charge in [0.25, 0.3) is 11.8 Å². The molecule has 3 heterocycles. The standard InChI is InChI=1S/C20H22N4O3/c1-14-10-22-16(11-21-14)19(26)23-9-8-17-20(2,13-23)27-12-18(25)24(17)15-6-4-3-5-7-15/h3-7,10-11,17H,8-9,12-13H2,1-2H3/t17-,20-/m1/s1. The molecule has 2 fully saturated rings. The molecule has 0 unspecified atom stereocenters. The highest BCUT2D eigenvalue weighted by atomic mass is 16.5. The van der Waals surface area contributed by atoms with Crippen LogP contribution in [0.5, 0.6) is 0 Å². The van der Waals surface area contributed by atoms with E-state index in [2.05, 4.69) is 9.97 Å². The van der Waals surface area contributed by atoms with Crippen LogP contribution in [-0.4, -0.2) is 58.0 Å². The summed E-state index contributed by atoms with van der Waals surface area (Å²) in [5, 5.41) is 0. The number of nitrogens with zero attached hydrogens (tertiary/aromatic N) is 4. The fourth-order valence-corrected chi connectivity index (χ4v) is 3.91. The molecule has 1 aromatic heterocycles. The van der Waals surface area contributed by atoms with Crippen LogP contribution in [0.4, 0.5) is 5.69 Å². The maximum atomic E-state index is 12.8. The van der Waals surface area contributed by atoms with Gasteiger partial charge in [-0.2, -0.15) is 0 Å². The first-order valence-electron chi connectivity index (χ1n) is 9.07. The van der Waals surface area contributed by atoms with E-state index < -0.39 is 5.60 Å². The van der Waals surface area contributed by atoms with E-state index in [-0.39, 0.29) is 24.5 Å². The minimum Gasteiger partial charge on any atom is -0.361 e. The molecule has 0 spiro atoms. The molecule has 4 rings (SSSR count). The number of carbonyl (C=O) groups is 2. The summed E-state index contributed by atoms with van der Waals surface area (Å²) in [7, 11) is 0. The molecule has 0 aliphatic carbocycles. The molecule has 2 aromatic rings. The zero-order valence-electron chi connectivity index (χ0n) is 15.5. The molecule has 2 aliphatic rings. The minimum atomic E-state index is -0.629. The molecule has 1 aromatic carbocycles. The van der Waals surface area contributed by atoms with Crippen molar-refractivity contribution in [1.82, 2.24) is 14.9 Å². The first-order valence-corrected chi connectivity index (χ1v) is 9.07. The van der Waals surface area contributed by atoms with Gasteiger partial charge in [-0.1, -0.05) is 18.2 Å². The molecule has 0 N–H and O–H groups in total. The second kappa shape index (κ2) is 6.74. The smallest absolute Gasteiger partial charge is 0.274 e. The van der Waals surface area contributed by atoms with E-state index in [4.69, 9.17) is 4.74 Å². The van der Waals surface area contributed by atoms with Crippen molar-refractivity contribution < 1.29 is 14.3 Å². The number of anilines is 1. The van der Waals surface area contributed by atoms with Crippen molar-refractivity contribution in [3.05, 3.63) is 54.1 Å². The zero-order valence-corrected chi connectivity index (χ0v) is 15.5. The topological polar surface area (TPSA) is 75.6 Å². The van der Waals surface area contributed by atoms with E-state index in [0.29, 0.717) is 25.2 Å². The number of fused-ring (bicyclic) bond motifs is 1. The van der Waals surface area contributed by atoms with E-state index in [1.54, 1.807) is 11.1 Å². The molecule has 0 saturated carbocycles. The van der Waals surface area contributed by atoms with Crippen molar-refractivity contribution >= 4 is 17.5 Å². The third kappa shape index (κ3) is 3.19. The van der Waals surface area contributed by atoms with Gasteiger partial charge in [-0.3, -0.25) is 14.6 Å². The number of piperidine rings is 1. The number of likely N-dealkylation sites (tertiary alicyclic amines) is 1. The summed E-state index contributed by atoms with van der Waals surface area (Å²) in [6.45, 7) is 4.75. The Morgan fingerprint density at radius 2 is 2.00 bits per heavy atom. The number of carbonyl (C=O) groups excluding carboxylic acids is 2. The average molecular weight is 366 g/mol. The summed E-state index contributed by atoms with van der Waals surface area (Å²) in [6.07, 6.45) is 3.74. The Bertz CT molecular complexity index is 855. The van der Waals surface area contributed by atoms with Crippen LogP contribution >= 0.6 is 0 Å². The molecule has 2 saturated heterocycles. The highest BCUT2D eigenvalue weighted by Crippen LogP contribution is 2.36. The van der Waals surface area contributed by atoms with Gasteiger partial charge in [0.2, 0.25) is 0 Å². The fourth-order valence-electron chi connectivity index (χ4n) is 3.91. The zero-order chi connectivity index (χ0) is 19.0. The Balaban J connectivity index is 1.58. The summed E-state index contributed by atoms with van der Waals surface area (Å²) in [6, 6.07) is 9.52. The van der Waals surface area contributed by atoms with Crippen molar-refractivity contribution in [2.75, 3.05) is 24.6 Å². The number of amides is 2. The minimum absolute atomic E-state index is 0.00820. The molecule has 2 aliphatic heterocycles. The van der Waals surface area contributed by atoms with Gasteiger partial charge in [-0.25, -0.2) is 4.98 Å². The predicted octanol–water partition coefficient (Wildman–Crippen LogP) is 1.82. The van der Waals surface area contributed by atoms with Gasteiger partial charge in [0.05, 0.1) is 24.5 Å². The molecule has 0 bridgehead atoms. The Labute approximate surface area is 158 Å². The second-order valence-electron chi connectivity index (χ2n) is 7.27. The van der Waals surface area contributed by atoms with Crippen molar-refractivity contribution in [1.29, 1.82) is 0 Å². The first-order chi connectivity index (χ1) is 13.0. The van der Waals surface area contributed by atoms with Gasteiger partial charge in [0, 0.05) is 18.4 Å². The summed E-state index contributed by atoms with van der Waals surface area (Å²) >= 11 is 0. The van der Waals surface area contributed by atoms with Gasteiger partial charge >= 0.3 is 0 Å². The fraction of sp³-hybridized carbons (Fsp3) is 0.400. The Morgan fingerprint density at radius 1 is 1.22 bits per heavy atom. The summed E-state index contributed by atoms with van der Waals surface area (Å²) in [4.78, 5) is 37.3. The van der Waals surface area contributed by atoms with Crippen molar-refractivity contribution in [3.63, 3.8) is 0 Å². The lowest BCUT2D eigenvalue weighted by Crippen LogP contribution is -2.68. The lowest BCUT2D eigenvalue weighted by atomic mass is 9.85. The van der Waals surface area contributed by atoms with Crippen molar-refractivity contribution in [2.24, 2.45) is 0 Å². The van der Waals surface area contributed by atoms with Crippen molar-refractivity contribution in [2.45, 2.75) is 31.9 Å². The van der Waals surface area contributed by atoms with Gasteiger partial charge in [0.15, 0.2) is 0 Å². The highest BCUT2D eigenvalue weighted by Gasteiger charge is 2.50. The number of aromatic nitrogens is 2. The third-order valence-corrected chi connectivity index (χ3v) is 5.31. The number of hydrogen-bond acceptors (Lipinski definition) is 5. The Kier molecular flexibility index (Phi) is 4.39. The maximum Gasteiger partial charge on any atom is 0.274 e. The van der Waals surface area contributed by atoms with Crippen LogP contribution in [0.1, 0.15) is 29.5 Å². The maximum absolute atomic E-state index is 12.8. The lowest BCUT2D eigenvalue weighted by molar-refractivity contribution is -0.149. The van der Waals surface area contributed by atoms with Crippen LogP contribution in [0.2, 0.25) is 0 Å². The first kappa shape index (κ1) is 17.6. The molecular formula is C20H22N4O3. The van der Waals surface area contributed by atoms with Crippen LogP contribution in [-0.2, 0) is 9.53 Å². The van der Waals surface area contributed by atoms with Crippen LogP contribution in [0.15, 0.2) is 42.7 Å². The summed E-state index contributed by atoms with van der Waals surface area (Å²) in [5.74, 6) is -0.207. The summed E-state index contributed by atoms with van der Waals surface area (Å²) < 4.78 is 5.95. The molecule has 27 heavy (non-hydrogen) atoms. The van der Waals surface area contributed by atoms with Gasteiger partial charge in [-0.15, -0.1) is 0 Å². The number of benzene rings is 1. The van der Waals surface area contributed by atoms with Gasteiger partial charge in [0.1, 0.15) is 17.9 Å². The second-order valence-corrected chi connectivity index (χ2v) is 7.27. The van der Waals surface area contributed by atoms with Crippen LogP contribution in [0.25, 0.3) is 0 Å². The van der Waals surface area contributed by atoms with E-state index in [0.717, 1.165) is 11.4 Å². The molecular weight excluding hydrogens is 344 g/mol. The highest BCUT2D eigenvalue weighted by molar-refractivity contribution is 5.96. The predicted molar refractivity (Wildman–Crippen MR) is 99.4 cm³/mol. The number of aryl methyl sites for hydroxylation is 1. The number of ether oxygens (including phenoxy) is 1.